The van der Waals surface area contributed by atoms with E-state index in [9.17, 15) is 18.3 Å². The Hall–Kier alpha value is -3.57. The Bertz CT molecular complexity index is 1250. The lowest BCUT2D eigenvalue weighted by Crippen LogP contribution is -2.42. The first-order valence-corrected chi connectivity index (χ1v) is 12.3. The van der Waals surface area contributed by atoms with Crippen molar-refractivity contribution in [3.63, 3.8) is 0 Å². The Morgan fingerprint density at radius 2 is 2.03 bits per heavy atom. The van der Waals surface area contributed by atoms with E-state index in [1.54, 1.807) is 36.7 Å². The molecule has 0 radical (unpaired) electrons. The monoisotopic (exact) mass is 483 g/mol. The molecule has 1 unspecified atom stereocenters. The number of anilines is 1. The highest BCUT2D eigenvalue weighted by atomic mass is 32.2. The van der Waals surface area contributed by atoms with E-state index < -0.39 is 22.0 Å². The second kappa shape index (κ2) is 10.1. The van der Waals surface area contributed by atoms with Crippen LogP contribution in [0.2, 0.25) is 0 Å². The molecule has 1 fully saturated rings. The Morgan fingerprint density at radius 3 is 2.74 bits per heavy atom. The standard InChI is InChI=1S/C23H25N5O5S/c1-16-6-8-19(9-7-16)34(31,32)27-21-22(33-15-17-4-2-10-24-12-17)26-20(13-25-21)23(30)28-11-3-5-18(29)14-28/h2,4,6-10,12-13,18,29H,3,5,11,14-15H2,1H3,(H,25,27). The average molecular weight is 484 g/mol. The number of β-amino-alcohol motifs (C(OH)–C–C–N with tert-alkyl or cyclic N) is 1. The second-order valence-corrected chi connectivity index (χ2v) is 9.71. The summed E-state index contributed by atoms with van der Waals surface area (Å²) in [6, 6.07) is 9.89. The molecule has 0 bridgehead atoms. The van der Waals surface area contributed by atoms with Crippen molar-refractivity contribution in [2.75, 3.05) is 17.8 Å². The summed E-state index contributed by atoms with van der Waals surface area (Å²) in [7, 11) is -3.97. The van der Waals surface area contributed by atoms with Crippen molar-refractivity contribution in [2.24, 2.45) is 0 Å². The highest BCUT2D eigenvalue weighted by Gasteiger charge is 2.26. The number of aryl methyl sites for hydroxylation is 1. The van der Waals surface area contributed by atoms with E-state index in [0.29, 0.717) is 19.4 Å². The van der Waals surface area contributed by atoms with E-state index in [2.05, 4.69) is 19.7 Å². The van der Waals surface area contributed by atoms with E-state index in [4.69, 9.17) is 4.74 Å². The molecule has 1 saturated heterocycles. The molecule has 2 N–H and O–H groups in total. The first-order chi connectivity index (χ1) is 16.3. The zero-order valence-corrected chi connectivity index (χ0v) is 19.4. The average Bonchev–Trinajstić information content (AvgIpc) is 2.83. The van der Waals surface area contributed by atoms with Crippen LogP contribution in [-0.4, -0.2) is 58.5 Å². The molecule has 0 aliphatic carbocycles. The van der Waals surface area contributed by atoms with Gasteiger partial charge in [0.25, 0.3) is 21.8 Å². The van der Waals surface area contributed by atoms with Crippen LogP contribution >= 0.6 is 0 Å². The Balaban J connectivity index is 1.62. The number of aromatic nitrogens is 3. The number of piperidine rings is 1. The molecule has 0 spiro atoms. The minimum absolute atomic E-state index is 0.00595. The lowest BCUT2D eigenvalue weighted by atomic mass is 10.1. The van der Waals surface area contributed by atoms with Crippen molar-refractivity contribution in [1.29, 1.82) is 0 Å². The number of carbonyl (C=O) groups excluding carboxylic acids is 1. The number of amides is 1. The van der Waals surface area contributed by atoms with Crippen molar-refractivity contribution >= 4 is 21.7 Å². The van der Waals surface area contributed by atoms with E-state index >= 15 is 0 Å². The van der Waals surface area contributed by atoms with Gasteiger partial charge in [0, 0.05) is 31.0 Å². The first-order valence-electron chi connectivity index (χ1n) is 10.8. The SMILES string of the molecule is Cc1ccc(S(=O)(=O)Nc2ncc(C(=O)N3CCCC(O)C3)nc2OCc2cccnc2)cc1. The largest absolute Gasteiger partial charge is 0.470 e. The first kappa shape index (κ1) is 23.6. The van der Waals surface area contributed by atoms with Gasteiger partial charge >= 0.3 is 0 Å². The van der Waals surface area contributed by atoms with Crippen molar-refractivity contribution in [3.8, 4) is 5.88 Å². The van der Waals surface area contributed by atoms with E-state index in [0.717, 1.165) is 11.1 Å². The van der Waals surface area contributed by atoms with Gasteiger partial charge < -0.3 is 14.7 Å². The maximum Gasteiger partial charge on any atom is 0.274 e. The molecule has 1 aliphatic rings. The van der Waals surface area contributed by atoms with Crippen LogP contribution in [0.1, 0.15) is 34.5 Å². The summed E-state index contributed by atoms with van der Waals surface area (Å²) in [5.74, 6) is -0.687. The normalized spacial score (nSPS) is 16.2. The number of hydrogen-bond acceptors (Lipinski definition) is 8. The third-order valence-electron chi connectivity index (χ3n) is 5.30. The second-order valence-electron chi connectivity index (χ2n) is 8.02. The van der Waals surface area contributed by atoms with Gasteiger partial charge in [-0.25, -0.2) is 18.4 Å². The van der Waals surface area contributed by atoms with Crippen LogP contribution in [0.25, 0.3) is 0 Å². The number of aliphatic hydroxyl groups is 1. The van der Waals surface area contributed by atoms with Crippen LogP contribution in [0.4, 0.5) is 5.82 Å². The lowest BCUT2D eigenvalue weighted by molar-refractivity contribution is 0.0467. The fraction of sp³-hybridized carbons (Fsp3) is 0.304. The topological polar surface area (TPSA) is 135 Å². The maximum absolute atomic E-state index is 12.9. The fourth-order valence-corrected chi connectivity index (χ4v) is 4.49. The zero-order chi connectivity index (χ0) is 24.1. The van der Waals surface area contributed by atoms with Crippen molar-refractivity contribution < 1.29 is 23.1 Å². The van der Waals surface area contributed by atoms with E-state index in [-0.39, 0.29) is 35.4 Å². The van der Waals surface area contributed by atoms with Crippen LogP contribution in [0.5, 0.6) is 5.88 Å². The summed E-state index contributed by atoms with van der Waals surface area (Å²) >= 11 is 0. The molecule has 4 rings (SSSR count). The Kier molecular flexibility index (Phi) is 7.03. The molecular weight excluding hydrogens is 458 g/mol. The molecule has 178 valence electrons. The van der Waals surface area contributed by atoms with Gasteiger partial charge in [-0.2, -0.15) is 0 Å². The molecular formula is C23H25N5O5S. The van der Waals surface area contributed by atoms with Crippen LogP contribution in [0.15, 0.2) is 59.9 Å². The van der Waals surface area contributed by atoms with Gasteiger partial charge in [0.05, 0.1) is 17.2 Å². The molecule has 1 amide bonds. The summed E-state index contributed by atoms with van der Waals surface area (Å²) in [5.41, 5.74) is 1.64. The predicted molar refractivity (Wildman–Crippen MR) is 124 cm³/mol. The van der Waals surface area contributed by atoms with Crippen LogP contribution in [-0.2, 0) is 16.6 Å². The minimum Gasteiger partial charge on any atom is -0.470 e. The molecule has 3 heterocycles. The minimum atomic E-state index is -3.97. The highest BCUT2D eigenvalue weighted by molar-refractivity contribution is 7.92. The molecule has 1 atom stereocenters. The van der Waals surface area contributed by atoms with Gasteiger partial charge in [0.15, 0.2) is 5.69 Å². The van der Waals surface area contributed by atoms with Crippen LogP contribution in [0.3, 0.4) is 0 Å². The van der Waals surface area contributed by atoms with Gasteiger partial charge in [0.1, 0.15) is 6.61 Å². The van der Waals surface area contributed by atoms with Gasteiger partial charge in [-0.3, -0.25) is 14.5 Å². The Labute approximate surface area is 197 Å². The third kappa shape index (κ3) is 5.67. The Morgan fingerprint density at radius 1 is 1.24 bits per heavy atom. The van der Waals surface area contributed by atoms with E-state index in [1.165, 1.54) is 23.2 Å². The van der Waals surface area contributed by atoms with Crippen molar-refractivity contribution in [2.45, 2.75) is 37.4 Å². The zero-order valence-electron chi connectivity index (χ0n) is 18.6. The molecule has 11 heteroatoms. The quantitative estimate of drug-likeness (QED) is 0.522. The number of rotatable bonds is 7. The molecule has 0 saturated carbocycles. The number of ether oxygens (including phenoxy) is 1. The molecule has 3 aromatic rings. The van der Waals surface area contributed by atoms with Crippen molar-refractivity contribution in [3.05, 3.63) is 71.8 Å². The molecule has 10 nitrogen and oxygen atoms in total. The number of carbonyl (C=O) groups is 1. The number of hydrogen-bond donors (Lipinski definition) is 2. The van der Waals surface area contributed by atoms with Gasteiger partial charge in [-0.1, -0.05) is 23.8 Å². The highest BCUT2D eigenvalue weighted by Crippen LogP contribution is 2.25. The summed E-state index contributed by atoms with van der Waals surface area (Å²) in [4.78, 5) is 26.9. The van der Waals surface area contributed by atoms with E-state index in [1.807, 2.05) is 6.92 Å². The summed E-state index contributed by atoms with van der Waals surface area (Å²) < 4.78 is 34.0. The molecule has 1 aliphatic heterocycles. The predicted octanol–water partition coefficient (Wildman–Crippen LogP) is 2.16. The van der Waals surface area contributed by atoms with Crippen LogP contribution in [0, 0.1) is 6.92 Å². The number of likely N-dealkylation sites (tertiary alicyclic amines) is 1. The van der Waals surface area contributed by atoms with Crippen molar-refractivity contribution in [1.82, 2.24) is 19.9 Å². The third-order valence-corrected chi connectivity index (χ3v) is 6.66. The number of sulfonamides is 1. The number of pyridine rings is 1. The summed E-state index contributed by atoms with van der Waals surface area (Å²) in [6.45, 7) is 2.60. The summed E-state index contributed by atoms with van der Waals surface area (Å²) in [6.07, 6.45) is 5.15. The number of nitrogens with one attached hydrogen (secondary N) is 1. The van der Waals surface area contributed by atoms with Gasteiger partial charge in [-0.05, 0) is 38.0 Å². The lowest BCUT2D eigenvalue weighted by Gasteiger charge is -2.29. The smallest absolute Gasteiger partial charge is 0.274 e. The van der Waals surface area contributed by atoms with Gasteiger partial charge in [-0.15, -0.1) is 0 Å². The van der Waals surface area contributed by atoms with Gasteiger partial charge in [0.2, 0.25) is 5.82 Å². The van der Waals surface area contributed by atoms with Crippen LogP contribution < -0.4 is 9.46 Å². The number of benzene rings is 1. The number of nitrogens with zero attached hydrogens (tertiary/aromatic N) is 4. The maximum atomic E-state index is 12.9. The number of aliphatic hydroxyl groups excluding tert-OH is 1. The molecule has 2 aromatic heterocycles. The molecule has 34 heavy (non-hydrogen) atoms. The fourth-order valence-electron chi connectivity index (χ4n) is 3.49. The summed E-state index contributed by atoms with van der Waals surface area (Å²) in [5, 5.41) is 9.90. The molecule has 1 aromatic carbocycles.